The van der Waals surface area contributed by atoms with E-state index in [0.29, 0.717) is 29.3 Å². The van der Waals surface area contributed by atoms with E-state index in [9.17, 15) is 4.79 Å². The van der Waals surface area contributed by atoms with Gasteiger partial charge in [-0.15, -0.1) is 12.4 Å². The molecular weight excluding hydrogens is 335 g/mol. The Kier molecular flexibility index (Phi) is 6.57. The van der Waals surface area contributed by atoms with E-state index in [-0.39, 0.29) is 24.4 Å². The zero-order chi connectivity index (χ0) is 15.5. The topological polar surface area (TPSA) is 50.4 Å². The number of rotatable bonds is 5. The molecule has 6 heteroatoms. The van der Waals surface area contributed by atoms with Gasteiger partial charge in [0.05, 0.1) is 5.02 Å². The van der Waals surface area contributed by atoms with E-state index >= 15 is 0 Å². The molecule has 1 aromatic rings. The highest BCUT2D eigenvalue weighted by Gasteiger charge is 2.35. The van der Waals surface area contributed by atoms with Gasteiger partial charge in [-0.05, 0) is 44.2 Å². The largest absolute Gasteiger partial charge is 0.479 e. The van der Waals surface area contributed by atoms with Crippen molar-refractivity contribution in [1.82, 2.24) is 10.6 Å². The standard InChI is InChI=1S/C17H23ClN2O2.ClH/c1-2-15(22-16-6-4-3-5-14(16)18)17(21)20-13-9-11-7-8-12(10-13)19-11;/h3-6,11-13,15,19H,2,7-10H2,1H3,(H,20,21);1H. The molecule has 2 bridgehead atoms. The lowest BCUT2D eigenvalue weighted by Crippen LogP contribution is -2.51. The van der Waals surface area contributed by atoms with Crippen molar-refractivity contribution >= 4 is 29.9 Å². The second-order valence-corrected chi connectivity index (χ2v) is 6.67. The smallest absolute Gasteiger partial charge is 0.261 e. The van der Waals surface area contributed by atoms with Crippen molar-refractivity contribution in [1.29, 1.82) is 0 Å². The second kappa shape index (κ2) is 8.22. The van der Waals surface area contributed by atoms with E-state index in [0.717, 1.165) is 12.8 Å². The minimum absolute atomic E-state index is 0. The van der Waals surface area contributed by atoms with Gasteiger partial charge >= 0.3 is 0 Å². The van der Waals surface area contributed by atoms with Gasteiger partial charge in [0.2, 0.25) is 0 Å². The average Bonchev–Trinajstić information content (AvgIpc) is 2.85. The number of carbonyl (C=O) groups is 1. The minimum Gasteiger partial charge on any atom is -0.479 e. The van der Waals surface area contributed by atoms with Crippen LogP contribution >= 0.6 is 24.0 Å². The summed E-state index contributed by atoms with van der Waals surface area (Å²) in [5, 5.41) is 7.28. The second-order valence-electron chi connectivity index (χ2n) is 6.26. The van der Waals surface area contributed by atoms with Crippen LogP contribution in [0.2, 0.25) is 5.02 Å². The van der Waals surface area contributed by atoms with Crippen LogP contribution in [0.15, 0.2) is 24.3 Å². The Bertz CT molecular complexity index is 529. The highest BCUT2D eigenvalue weighted by molar-refractivity contribution is 6.32. The normalized spacial score (nSPS) is 27.0. The van der Waals surface area contributed by atoms with E-state index in [1.54, 1.807) is 12.1 Å². The van der Waals surface area contributed by atoms with Crippen LogP contribution in [0.25, 0.3) is 0 Å². The molecule has 0 aliphatic carbocycles. The number of hydrogen-bond acceptors (Lipinski definition) is 3. The molecule has 0 aromatic heterocycles. The van der Waals surface area contributed by atoms with E-state index in [2.05, 4.69) is 10.6 Å². The van der Waals surface area contributed by atoms with Gasteiger partial charge in [-0.1, -0.05) is 30.7 Å². The molecule has 0 saturated carbocycles. The number of nitrogens with one attached hydrogen (secondary N) is 2. The summed E-state index contributed by atoms with van der Waals surface area (Å²) in [5.41, 5.74) is 0. The Morgan fingerprint density at radius 2 is 2.00 bits per heavy atom. The number of fused-ring (bicyclic) bond motifs is 2. The molecule has 0 spiro atoms. The lowest BCUT2D eigenvalue weighted by atomic mass is 9.99. The third-order valence-electron chi connectivity index (χ3n) is 4.59. The maximum absolute atomic E-state index is 12.5. The molecule has 23 heavy (non-hydrogen) atoms. The lowest BCUT2D eigenvalue weighted by molar-refractivity contribution is -0.129. The van der Waals surface area contributed by atoms with E-state index in [1.807, 2.05) is 19.1 Å². The van der Waals surface area contributed by atoms with E-state index < -0.39 is 6.10 Å². The number of halogens is 2. The minimum atomic E-state index is -0.493. The molecule has 2 heterocycles. The first-order valence-electron chi connectivity index (χ1n) is 8.13. The highest BCUT2D eigenvalue weighted by atomic mass is 35.5. The number of hydrogen-bond donors (Lipinski definition) is 2. The molecule has 3 atom stereocenters. The van der Waals surface area contributed by atoms with Gasteiger partial charge in [-0.3, -0.25) is 4.79 Å². The maximum atomic E-state index is 12.5. The van der Waals surface area contributed by atoms with Crippen LogP contribution in [-0.4, -0.2) is 30.1 Å². The molecule has 2 aliphatic rings. The van der Waals surface area contributed by atoms with Crippen LogP contribution in [0.5, 0.6) is 5.75 Å². The Balaban J connectivity index is 0.00000192. The molecule has 2 saturated heterocycles. The summed E-state index contributed by atoms with van der Waals surface area (Å²) in [4.78, 5) is 12.5. The van der Waals surface area contributed by atoms with Gasteiger partial charge in [0.25, 0.3) is 5.91 Å². The average molecular weight is 359 g/mol. The first-order chi connectivity index (χ1) is 10.7. The monoisotopic (exact) mass is 358 g/mol. The van der Waals surface area contributed by atoms with Crippen molar-refractivity contribution in [3.63, 3.8) is 0 Å². The molecule has 1 amide bonds. The summed E-state index contributed by atoms with van der Waals surface area (Å²) in [6.45, 7) is 1.95. The fraction of sp³-hybridized carbons (Fsp3) is 0.588. The number of piperidine rings is 1. The Labute approximate surface area is 148 Å². The molecule has 1 aromatic carbocycles. The number of para-hydroxylation sites is 1. The van der Waals surface area contributed by atoms with Crippen LogP contribution < -0.4 is 15.4 Å². The molecule has 3 unspecified atom stereocenters. The molecular formula is C17H24Cl2N2O2. The van der Waals surface area contributed by atoms with Crippen molar-refractivity contribution in [3.8, 4) is 5.75 Å². The van der Waals surface area contributed by atoms with Crippen LogP contribution in [-0.2, 0) is 4.79 Å². The van der Waals surface area contributed by atoms with Gasteiger partial charge in [-0.2, -0.15) is 0 Å². The Morgan fingerprint density at radius 3 is 2.61 bits per heavy atom. The van der Waals surface area contributed by atoms with Gasteiger partial charge in [0.15, 0.2) is 6.10 Å². The molecule has 0 radical (unpaired) electrons. The summed E-state index contributed by atoms with van der Waals surface area (Å²) in [7, 11) is 0. The summed E-state index contributed by atoms with van der Waals surface area (Å²) >= 11 is 6.10. The van der Waals surface area contributed by atoms with Crippen LogP contribution in [0.4, 0.5) is 0 Å². The first-order valence-corrected chi connectivity index (χ1v) is 8.51. The molecule has 2 N–H and O–H groups in total. The highest BCUT2D eigenvalue weighted by Crippen LogP contribution is 2.28. The van der Waals surface area contributed by atoms with Gasteiger partial charge in [-0.25, -0.2) is 0 Å². The van der Waals surface area contributed by atoms with Gasteiger partial charge in [0.1, 0.15) is 5.75 Å². The van der Waals surface area contributed by atoms with Crippen molar-refractivity contribution in [2.75, 3.05) is 0 Å². The van der Waals surface area contributed by atoms with Crippen molar-refractivity contribution in [3.05, 3.63) is 29.3 Å². The fourth-order valence-corrected chi connectivity index (χ4v) is 3.67. The summed E-state index contributed by atoms with van der Waals surface area (Å²) in [6.07, 6.45) is 4.62. The fourth-order valence-electron chi connectivity index (χ4n) is 3.49. The molecule has 2 fully saturated rings. The van der Waals surface area contributed by atoms with Crippen molar-refractivity contribution < 1.29 is 9.53 Å². The number of ether oxygens (including phenoxy) is 1. The molecule has 128 valence electrons. The summed E-state index contributed by atoms with van der Waals surface area (Å²) in [5.74, 6) is 0.533. The zero-order valence-corrected chi connectivity index (χ0v) is 14.8. The van der Waals surface area contributed by atoms with Gasteiger partial charge in [0, 0.05) is 18.1 Å². The molecule has 3 rings (SSSR count). The quantitative estimate of drug-likeness (QED) is 0.848. The predicted molar refractivity (Wildman–Crippen MR) is 94.5 cm³/mol. The summed E-state index contributed by atoms with van der Waals surface area (Å²) < 4.78 is 5.81. The van der Waals surface area contributed by atoms with E-state index in [4.69, 9.17) is 16.3 Å². The predicted octanol–water partition coefficient (Wildman–Crippen LogP) is 3.32. The maximum Gasteiger partial charge on any atom is 0.261 e. The Morgan fingerprint density at radius 1 is 1.35 bits per heavy atom. The number of carbonyl (C=O) groups excluding carboxylic acids is 1. The molecule has 2 aliphatic heterocycles. The first kappa shape index (κ1) is 18.4. The lowest BCUT2D eigenvalue weighted by Gasteiger charge is -2.30. The third kappa shape index (κ3) is 4.52. The summed E-state index contributed by atoms with van der Waals surface area (Å²) in [6, 6.07) is 8.66. The van der Waals surface area contributed by atoms with E-state index in [1.165, 1.54) is 12.8 Å². The zero-order valence-electron chi connectivity index (χ0n) is 13.3. The number of amides is 1. The van der Waals surface area contributed by atoms with Crippen molar-refractivity contribution in [2.45, 2.75) is 63.3 Å². The molecule has 4 nitrogen and oxygen atoms in total. The van der Waals surface area contributed by atoms with Crippen molar-refractivity contribution in [2.24, 2.45) is 0 Å². The van der Waals surface area contributed by atoms with Crippen LogP contribution in [0.1, 0.15) is 39.0 Å². The number of benzene rings is 1. The Hall–Kier alpha value is -0.970. The van der Waals surface area contributed by atoms with Crippen LogP contribution in [0, 0.1) is 0 Å². The van der Waals surface area contributed by atoms with Gasteiger partial charge < -0.3 is 15.4 Å². The van der Waals surface area contributed by atoms with Crippen LogP contribution in [0.3, 0.4) is 0 Å². The SMILES string of the molecule is CCC(Oc1ccccc1Cl)C(=O)NC1CC2CCC(C1)N2.Cl. The third-order valence-corrected chi connectivity index (χ3v) is 4.90.